The van der Waals surface area contributed by atoms with Crippen LogP contribution in [-0.4, -0.2) is 25.9 Å². The zero-order chi connectivity index (χ0) is 23.2. The first-order valence-corrected chi connectivity index (χ1v) is 11.3. The average Bonchev–Trinajstić information content (AvgIpc) is 3.20. The van der Waals surface area contributed by atoms with Gasteiger partial charge in [0.15, 0.2) is 22.5 Å². The van der Waals surface area contributed by atoms with E-state index in [2.05, 4.69) is 22.1 Å². The number of nitrogens with one attached hydrogen (secondary N) is 1. The van der Waals surface area contributed by atoms with Crippen molar-refractivity contribution in [3.63, 3.8) is 0 Å². The molecular formula is C25H23FN4O2S. The third-order valence-corrected chi connectivity index (χ3v) is 6.08. The van der Waals surface area contributed by atoms with E-state index in [1.807, 2.05) is 49.4 Å². The minimum atomic E-state index is -0.444. The van der Waals surface area contributed by atoms with E-state index in [9.17, 15) is 9.18 Å². The van der Waals surface area contributed by atoms with Crippen LogP contribution in [0, 0.1) is 5.82 Å². The minimum absolute atomic E-state index is 0.0406. The quantitative estimate of drug-likeness (QED) is 0.264. The van der Waals surface area contributed by atoms with Crippen LogP contribution in [0.3, 0.4) is 0 Å². The molecule has 0 spiro atoms. The van der Waals surface area contributed by atoms with Gasteiger partial charge in [-0.05, 0) is 30.5 Å². The molecule has 6 nitrogen and oxygen atoms in total. The molecule has 4 aromatic rings. The smallest absolute Gasteiger partial charge is 0.237 e. The molecule has 1 heterocycles. The normalized spacial score (nSPS) is 11.8. The molecule has 0 saturated carbocycles. The number of hydrogen-bond donors (Lipinski definition) is 1. The van der Waals surface area contributed by atoms with Crippen molar-refractivity contribution in [2.75, 3.05) is 5.32 Å². The van der Waals surface area contributed by atoms with Gasteiger partial charge in [-0.25, -0.2) is 4.39 Å². The lowest BCUT2D eigenvalue weighted by molar-refractivity contribution is -0.115. The number of aromatic nitrogens is 3. The molecule has 0 aliphatic heterocycles. The van der Waals surface area contributed by atoms with Gasteiger partial charge in [0.1, 0.15) is 6.61 Å². The highest BCUT2D eigenvalue weighted by molar-refractivity contribution is 8.00. The van der Waals surface area contributed by atoms with Gasteiger partial charge >= 0.3 is 0 Å². The molecule has 1 aromatic heterocycles. The highest BCUT2D eigenvalue weighted by Gasteiger charge is 2.21. The number of benzene rings is 3. The van der Waals surface area contributed by atoms with Gasteiger partial charge in [-0.3, -0.25) is 9.36 Å². The Morgan fingerprint density at radius 1 is 1.15 bits per heavy atom. The number of carbonyl (C=O) groups is 1. The molecule has 1 amide bonds. The number of allylic oxidation sites excluding steroid dienone is 1. The number of carbonyl (C=O) groups excluding carboxylic acids is 1. The number of fused-ring (bicyclic) bond motifs is 1. The molecule has 1 unspecified atom stereocenters. The molecule has 0 aliphatic rings. The van der Waals surface area contributed by atoms with Gasteiger partial charge in [0.25, 0.3) is 0 Å². The maximum Gasteiger partial charge on any atom is 0.237 e. The van der Waals surface area contributed by atoms with Crippen LogP contribution in [0.4, 0.5) is 10.1 Å². The van der Waals surface area contributed by atoms with Crippen LogP contribution in [0.5, 0.6) is 5.75 Å². The van der Waals surface area contributed by atoms with Gasteiger partial charge in [0, 0.05) is 17.6 Å². The minimum Gasteiger partial charge on any atom is -0.483 e. The van der Waals surface area contributed by atoms with Crippen molar-refractivity contribution in [1.29, 1.82) is 0 Å². The molecule has 4 rings (SSSR count). The van der Waals surface area contributed by atoms with E-state index < -0.39 is 11.1 Å². The molecule has 0 fully saturated rings. The largest absolute Gasteiger partial charge is 0.483 e. The highest BCUT2D eigenvalue weighted by atomic mass is 32.2. The summed E-state index contributed by atoms with van der Waals surface area (Å²) < 4.78 is 21.2. The lowest BCUT2D eigenvalue weighted by Gasteiger charge is -2.14. The Balaban J connectivity index is 1.46. The molecule has 0 bridgehead atoms. The van der Waals surface area contributed by atoms with Crippen LogP contribution in [0.1, 0.15) is 12.7 Å². The Bertz CT molecular complexity index is 1290. The second kappa shape index (κ2) is 10.3. The predicted molar refractivity (Wildman–Crippen MR) is 129 cm³/mol. The van der Waals surface area contributed by atoms with Gasteiger partial charge in [-0.1, -0.05) is 66.4 Å². The van der Waals surface area contributed by atoms with Gasteiger partial charge in [0.05, 0.1) is 5.25 Å². The van der Waals surface area contributed by atoms with Gasteiger partial charge in [0.2, 0.25) is 5.91 Å². The Hall–Kier alpha value is -3.65. The van der Waals surface area contributed by atoms with Crippen LogP contribution in [0.25, 0.3) is 10.8 Å². The summed E-state index contributed by atoms with van der Waals surface area (Å²) in [6, 6.07) is 19.9. The highest BCUT2D eigenvalue weighted by Crippen LogP contribution is 2.27. The molecule has 0 saturated heterocycles. The molecular weight excluding hydrogens is 439 g/mol. The van der Waals surface area contributed by atoms with Crippen molar-refractivity contribution in [2.24, 2.45) is 0 Å². The summed E-state index contributed by atoms with van der Waals surface area (Å²) in [6.45, 7) is 6.07. The van der Waals surface area contributed by atoms with Crippen LogP contribution >= 0.6 is 11.8 Å². The molecule has 1 N–H and O–H groups in total. The molecule has 8 heteroatoms. The summed E-state index contributed by atoms with van der Waals surface area (Å²) in [5, 5.41) is 13.6. The van der Waals surface area contributed by atoms with E-state index in [-0.39, 0.29) is 18.3 Å². The van der Waals surface area contributed by atoms with Gasteiger partial charge in [-0.2, -0.15) is 0 Å². The second-order valence-electron chi connectivity index (χ2n) is 7.29. The lowest BCUT2D eigenvalue weighted by Crippen LogP contribution is -2.23. The Labute approximate surface area is 195 Å². The number of rotatable bonds is 9. The lowest BCUT2D eigenvalue weighted by atomic mass is 10.1. The fourth-order valence-electron chi connectivity index (χ4n) is 3.31. The topological polar surface area (TPSA) is 69.0 Å². The monoisotopic (exact) mass is 462 g/mol. The SMILES string of the molecule is C=CCn1c(COc2ccccc2F)nnc1SC(C)C(=O)Nc1cccc2ccccc12. The number of nitrogens with zero attached hydrogens (tertiary/aromatic N) is 3. The molecule has 168 valence electrons. The second-order valence-corrected chi connectivity index (χ2v) is 8.60. The Kier molecular flexibility index (Phi) is 7.04. The third kappa shape index (κ3) is 5.23. The van der Waals surface area contributed by atoms with Crippen molar-refractivity contribution >= 4 is 34.1 Å². The van der Waals surface area contributed by atoms with Gasteiger partial charge in [-0.15, -0.1) is 16.8 Å². The predicted octanol–water partition coefficient (Wildman–Crippen LogP) is 5.45. The first-order valence-electron chi connectivity index (χ1n) is 10.4. The zero-order valence-corrected chi connectivity index (χ0v) is 18.9. The van der Waals surface area contributed by atoms with Crippen molar-refractivity contribution in [3.05, 3.63) is 91.0 Å². The van der Waals surface area contributed by atoms with Crippen molar-refractivity contribution in [1.82, 2.24) is 14.8 Å². The fraction of sp³-hybridized carbons (Fsp3) is 0.160. The number of amides is 1. The molecule has 0 aliphatic carbocycles. The van der Waals surface area contributed by atoms with Crippen molar-refractivity contribution in [3.8, 4) is 5.75 Å². The summed E-state index contributed by atoms with van der Waals surface area (Å²) in [5.74, 6) is 0.0688. The van der Waals surface area contributed by atoms with E-state index in [1.54, 1.807) is 28.8 Å². The maximum atomic E-state index is 13.9. The molecule has 3 aromatic carbocycles. The van der Waals surface area contributed by atoms with E-state index in [1.165, 1.54) is 17.8 Å². The summed E-state index contributed by atoms with van der Waals surface area (Å²) >= 11 is 1.29. The van der Waals surface area contributed by atoms with E-state index in [0.717, 1.165) is 16.5 Å². The number of anilines is 1. The summed E-state index contributed by atoms with van der Waals surface area (Å²) in [5.41, 5.74) is 0.761. The van der Waals surface area contributed by atoms with Crippen molar-refractivity contribution < 1.29 is 13.9 Å². The fourth-order valence-corrected chi connectivity index (χ4v) is 4.19. The number of thioether (sulfide) groups is 1. The van der Waals surface area contributed by atoms with Crippen molar-refractivity contribution in [2.45, 2.75) is 30.5 Å². The standard InChI is InChI=1S/C25H23FN4O2S/c1-3-15-30-23(16-32-22-14-7-6-12-20(22)26)28-29-25(30)33-17(2)24(31)27-21-13-8-10-18-9-4-5-11-19(18)21/h3-14,17H,1,15-16H2,2H3,(H,27,31). The number of hydrogen-bond acceptors (Lipinski definition) is 5. The summed E-state index contributed by atoms with van der Waals surface area (Å²) in [6.07, 6.45) is 1.71. The van der Waals surface area contributed by atoms with Gasteiger partial charge < -0.3 is 10.1 Å². The first-order chi connectivity index (χ1) is 16.1. The summed E-state index contributed by atoms with van der Waals surface area (Å²) in [4.78, 5) is 12.9. The number of para-hydroxylation sites is 1. The van der Waals surface area contributed by atoms with Crippen LogP contribution in [0.2, 0.25) is 0 Å². The maximum absolute atomic E-state index is 13.9. The Morgan fingerprint density at radius 3 is 2.73 bits per heavy atom. The van der Waals surface area contributed by atoms with E-state index in [0.29, 0.717) is 17.5 Å². The number of halogens is 1. The first kappa shape index (κ1) is 22.5. The molecule has 33 heavy (non-hydrogen) atoms. The number of ether oxygens (including phenoxy) is 1. The third-order valence-electron chi connectivity index (χ3n) is 5.00. The van der Waals surface area contributed by atoms with Crippen LogP contribution in [-0.2, 0) is 17.9 Å². The molecule has 0 radical (unpaired) electrons. The van der Waals surface area contributed by atoms with Crippen LogP contribution in [0.15, 0.2) is 84.5 Å². The zero-order valence-electron chi connectivity index (χ0n) is 18.1. The molecule has 1 atom stereocenters. The average molecular weight is 463 g/mol. The van der Waals surface area contributed by atoms with E-state index in [4.69, 9.17) is 4.74 Å². The van der Waals surface area contributed by atoms with Crippen LogP contribution < -0.4 is 10.1 Å². The summed E-state index contributed by atoms with van der Waals surface area (Å²) in [7, 11) is 0. The Morgan fingerprint density at radius 2 is 1.91 bits per heavy atom. The van der Waals surface area contributed by atoms with E-state index >= 15 is 0 Å².